The van der Waals surface area contributed by atoms with Crippen molar-refractivity contribution in [2.75, 3.05) is 17.2 Å². The summed E-state index contributed by atoms with van der Waals surface area (Å²) in [5.41, 5.74) is 10.8. The van der Waals surface area contributed by atoms with Crippen molar-refractivity contribution >= 4 is 49.8 Å². The number of hydrogen-bond donors (Lipinski definition) is 4. The zero-order chi connectivity index (χ0) is 26.0. The third kappa shape index (κ3) is 6.04. The SMILES string of the molecule is CC(C)(C)CNc1c(C#N)cnc2c(Br)cc(NC(/C(N)=C/N(N)C3CC3)c3ccccc3Cl)cc12. The molecule has 1 aromatic heterocycles. The standard InChI is InChI=1S/C27H31BrClN7/c1-27(2,3)15-34-24-16(12-30)13-33-25-20(24)10-17(11-21(25)28)35-26(19-6-4-5-7-22(19)29)23(31)14-36(32)18-8-9-18/h4-7,10-11,13-14,18,26,35H,8-9,15,31-32H2,1-3H3,(H,33,34)/b23-14-. The summed E-state index contributed by atoms with van der Waals surface area (Å²) in [7, 11) is 0. The molecule has 1 aliphatic carbocycles. The fraction of sp³-hybridized carbons (Fsp3) is 0.333. The van der Waals surface area contributed by atoms with E-state index in [1.165, 1.54) is 0 Å². The molecule has 1 fully saturated rings. The quantitative estimate of drug-likeness (QED) is 0.187. The Balaban J connectivity index is 1.79. The predicted octanol–water partition coefficient (Wildman–Crippen LogP) is 6.27. The molecule has 4 rings (SSSR count). The molecule has 0 aliphatic heterocycles. The predicted molar refractivity (Wildman–Crippen MR) is 151 cm³/mol. The molecule has 1 heterocycles. The molecule has 0 amide bonds. The number of hydrogen-bond acceptors (Lipinski definition) is 7. The molecule has 9 heteroatoms. The zero-order valence-corrected chi connectivity index (χ0v) is 23.0. The average Bonchev–Trinajstić information content (AvgIpc) is 3.66. The number of hydrazine groups is 1. The molecule has 0 spiro atoms. The van der Waals surface area contributed by atoms with Crippen LogP contribution in [0.2, 0.25) is 5.02 Å². The fourth-order valence-electron chi connectivity index (χ4n) is 3.91. The minimum absolute atomic E-state index is 0.0272. The minimum Gasteiger partial charge on any atom is -0.399 e. The Bertz CT molecular complexity index is 1340. The van der Waals surface area contributed by atoms with E-state index in [1.807, 2.05) is 36.4 Å². The van der Waals surface area contributed by atoms with Crippen molar-refractivity contribution in [3.63, 3.8) is 0 Å². The van der Waals surface area contributed by atoms with Gasteiger partial charge in [-0.1, -0.05) is 50.6 Å². The van der Waals surface area contributed by atoms with Crippen LogP contribution in [0.5, 0.6) is 0 Å². The van der Waals surface area contributed by atoms with E-state index >= 15 is 0 Å². The van der Waals surface area contributed by atoms with Crippen LogP contribution in [0, 0.1) is 16.7 Å². The first kappa shape index (κ1) is 26.1. The van der Waals surface area contributed by atoms with Gasteiger partial charge in [-0.3, -0.25) is 4.98 Å². The molecule has 7 nitrogen and oxygen atoms in total. The molecule has 0 bridgehead atoms. The summed E-state index contributed by atoms with van der Waals surface area (Å²) in [4.78, 5) is 4.53. The van der Waals surface area contributed by atoms with Gasteiger partial charge in [-0.15, -0.1) is 0 Å². The molecule has 0 saturated heterocycles. The average molecular weight is 569 g/mol. The summed E-state index contributed by atoms with van der Waals surface area (Å²) < 4.78 is 0.796. The maximum Gasteiger partial charge on any atom is 0.103 e. The fourth-order valence-corrected chi connectivity index (χ4v) is 4.72. The second-order valence-corrected chi connectivity index (χ2v) is 11.6. The minimum atomic E-state index is -0.425. The number of pyridine rings is 1. The second kappa shape index (κ2) is 10.6. The van der Waals surface area contributed by atoms with E-state index in [0.717, 1.165) is 45.2 Å². The molecule has 1 saturated carbocycles. The van der Waals surface area contributed by atoms with E-state index in [0.29, 0.717) is 28.9 Å². The Kier molecular flexibility index (Phi) is 7.65. The van der Waals surface area contributed by atoms with E-state index in [9.17, 15) is 5.26 Å². The normalized spacial score (nSPS) is 14.9. The molecule has 3 aromatic rings. The highest BCUT2D eigenvalue weighted by Crippen LogP contribution is 2.37. The molecule has 188 valence electrons. The third-order valence-electron chi connectivity index (χ3n) is 5.97. The summed E-state index contributed by atoms with van der Waals surface area (Å²) in [6.07, 6.45) is 5.49. The number of benzene rings is 2. The van der Waals surface area contributed by atoms with Crippen molar-refractivity contribution in [3.8, 4) is 6.07 Å². The van der Waals surface area contributed by atoms with E-state index in [-0.39, 0.29) is 5.41 Å². The summed E-state index contributed by atoms with van der Waals surface area (Å²) in [6, 6.07) is 13.7. The van der Waals surface area contributed by atoms with Gasteiger partial charge in [0.05, 0.1) is 28.5 Å². The number of nitrogens with one attached hydrogen (secondary N) is 2. The van der Waals surface area contributed by atoms with Gasteiger partial charge in [0.2, 0.25) is 0 Å². The summed E-state index contributed by atoms with van der Waals surface area (Å²) in [6.45, 7) is 7.12. The number of anilines is 2. The third-order valence-corrected chi connectivity index (χ3v) is 6.92. The largest absolute Gasteiger partial charge is 0.399 e. The van der Waals surface area contributed by atoms with Crippen LogP contribution in [0.15, 0.2) is 59.0 Å². The van der Waals surface area contributed by atoms with Crippen molar-refractivity contribution in [3.05, 3.63) is 75.1 Å². The van der Waals surface area contributed by atoms with Gasteiger partial charge in [-0.25, -0.2) is 5.84 Å². The van der Waals surface area contributed by atoms with E-state index < -0.39 is 6.04 Å². The Morgan fingerprint density at radius 1 is 1.33 bits per heavy atom. The van der Waals surface area contributed by atoms with Gasteiger partial charge in [-0.05, 0) is 57.9 Å². The molecule has 6 N–H and O–H groups in total. The molecule has 1 unspecified atom stereocenters. The second-order valence-electron chi connectivity index (χ2n) is 10.3. The van der Waals surface area contributed by atoms with Crippen molar-refractivity contribution in [2.24, 2.45) is 17.0 Å². The van der Waals surface area contributed by atoms with Crippen LogP contribution in [0.4, 0.5) is 11.4 Å². The van der Waals surface area contributed by atoms with Gasteiger partial charge < -0.3 is 21.4 Å². The van der Waals surface area contributed by atoms with Gasteiger partial charge in [0.1, 0.15) is 6.07 Å². The topological polar surface area (TPSA) is 116 Å². The highest BCUT2D eigenvalue weighted by atomic mass is 79.9. The van der Waals surface area contributed by atoms with Crippen LogP contribution in [-0.2, 0) is 0 Å². The van der Waals surface area contributed by atoms with Crippen LogP contribution in [-0.4, -0.2) is 22.6 Å². The monoisotopic (exact) mass is 567 g/mol. The Labute approximate surface area is 225 Å². The number of rotatable bonds is 8. The number of aromatic nitrogens is 1. The lowest BCUT2D eigenvalue weighted by Crippen LogP contribution is -2.30. The van der Waals surface area contributed by atoms with E-state index in [1.54, 1.807) is 17.4 Å². The Morgan fingerprint density at radius 3 is 2.69 bits per heavy atom. The number of fused-ring (bicyclic) bond motifs is 1. The Morgan fingerprint density at radius 2 is 2.06 bits per heavy atom. The van der Waals surface area contributed by atoms with Gasteiger partial charge in [0.15, 0.2) is 0 Å². The maximum atomic E-state index is 9.76. The number of nitriles is 1. The lowest BCUT2D eigenvalue weighted by molar-refractivity contribution is 0.378. The highest BCUT2D eigenvalue weighted by Gasteiger charge is 2.27. The number of nitrogens with two attached hydrogens (primary N) is 2. The Hall–Kier alpha value is -2.99. The molecule has 0 radical (unpaired) electrons. The van der Waals surface area contributed by atoms with Gasteiger partial charge in [0, 0.05) is 45.6 Å². The number of nitrogens with zero attached hydrogens (tertiary/aromatic N) is 3. The molecular formula is C27H31BrClN7. The van der Waals surface area contributed by atoms with Crippen molar-refractivity contribution in [2.45, 2.75) is 45.7 Å². The maximum absolute atomic E-state index is 9.76. The van der Waals surface area contributed by atoms with Crippen molar-refractivity contribution in [1.29, 1.82) is 5.26 Å². The van der Waals surface area contributed by atoms with Gasteiger partial charge in [-0.2, -0.15) is 5.26 Å². The van der Waals surface area contributed by atoms with E-state index in [2.05, 4.69) is 58.4 Å². The molecular weight excluding hydrogens is 538 g/mol. The van der Waals surface area contributed by atoms with Crippen LogP contribution >= 0.6 is 27.5 Å². The lowest BCUT2D eigenvalue weighted by Gasteiger charge is -2.25. The van der Waals surface area contributed by atoms with Crippen LogP contribution in [0.3, 0.4) is 0 Å². The van der Waals surface area contributed by atoms with Crippen LogP contribution < -0.4 is 22.2 Å². The molecule has 2 aromatic carbocycles. The lowest BCUT2D eigenvalue weighted by atomic mass is 9.96. The molecule has 36 heavy (non-hydrogen) atoms. The first-order valence-corrected chi connectivity index (χ1v) is 13.0. The summed E-state index contributed by atoms with van der Waals surface area (Å²) in [5.74, 6) is 6.21. The van der Waals surface area contributed by atoms with Crippen LogP contribution in [0.25, 0.3) is 10.9 Å². The summed E-state index contributed by atoms with van der Waals surface area (Å²) in [5, 5.41) is 19.9. The zero-order valence-electron chi connectivity index (χ0n) is 20.6. The summed E-state index contributed by atoms with van der Waals surface area (Å²) >= 11 is 10.3. The van der Waals surface area contributed by atoms with E-state index in [4.69, 9.17) is 23.2 Å². The first-order valence-electron chi connectivity index (χ1n) is 11.8. The van der Waals surface area contributed by atoms with Crippen LogP contribution in [0.1, 0.15) is 50.8 Å². The van der Waals surface area contributed by atoms with Gasteiger partial charge in [0.25, 0.3) is 0 Å². The first-order chi connectivity index (χ1) is 17.1. The van der Waals surface area contributed by atoms with Crippen molar-refractivity contribution < 1.29 is 0 Å². The molecule has 1 aliphatic rings. The highest BCUT2D eigenvalue weighted by molar-refractivity contribution is 9.10. The van der Waals surface area contributed by atoms with Gasteiger partial charge >= 0.3 is 0 Å². The molecule has 1 atom stereocenters. The van der Waals surface area contributed by atoms with Crippen molar-refractivity contribution in [1.82, 2.24) is 9.99 Å². The number of halogens is 2. The smallest absolute Gasteiger partial charge is 0.103 e.